The Morgan fingerprint density at radius 3 is 2.35 bits per heavy atom. The molecule has 0 radical (unpaired) electrons. The zero-order chi connectivity index (χ0) is 19.6. The maximum Gasteiger partial charge on any atom is 0.407 e. The molecule has 1 N–H and O–H groups in total. The molecule has 0 aliphatic rings. The summed E-state index contributed by atoms with van der Waals surface area (Å²) in [6.07, 6.45) is -0.167. The number of ether oxygens (including phenoxy) is 3. The van der Waals surface area contributed by atoms with Crippen molar-refractivity contribution in [2.75, 3.05) is 13.2 Å². The number of benzene rings is 1. The molecule has 7 nitrogen and oxygen atoms in total. The van der Waals surface area contributed by atoms with E-state index in [-0.39, 0.29) is 13.2 Å². The fraction of sp³-hybridized carbons (Fsp3) is 0.526. The van der Waals surface area contributed by atoms with E-state index in [2.05, 4.69) is 5.32 Å². The van der Waals surface area contributed by atoms with Crippen molar-refractivity contribution in [3.8, 4) is 0 Å². The molecule has 1 rings (SSSR count). The lowest BCUT2D eigenvalue weighted by Gasteiger charge is -2.20. The van der Waals surface area contributed by atoms with Gasteiger partial charge in [0, 0.05) is 6.54 Å². The van der Waals surface area contributed by atoms with E-state index in [9.17, 15) is 14.4 Å². The highest BCUT2D eigenvalue weighted by molar-refractivity contribution is 5.77. The van der Waals surface area contributed by atoms with Gasteiger partial charge in [-0.2, -0.15) is 0 Å². The molecule has 0 spiro atoms. The highest BCUT2D eigenvalue weighted by atomic mass is 16.6. The summed E-state index contributed by atoms with van der Waals surface area (Å²) in [5.74, 6) is -1.60. The van der Waals surface area contributed by atoms with Crippen LogP contribution in [0.25, 0.3) is 0 Å². The van der Waals surface area contributed by atoms with Crippen LogP contribution >= 0.6 is 0 Å². The van der Waals surface area contributed by atoms with Gasteiger partial charge in [0.2, 0.25) is 0 Å². The molecule has 0 heterocycles. The fourth-order valence-electron chi connectivity index (χ4n) is 1.87. The first-order valence-corrected chi connectivity index (χ1v) is 8.50. The Labute approximate surface area is 154 Å². The predicted octanol–water partition coefficient (Wildman–Crippen LogP) is 2.82. The highest BCUT2D eigenvalue weighted by Crippen LogP contribution is 2.08. The highest BCUT2D eigenvalue weighted by Gasteiger charge is 2.19. The normalized spacial score (nSPS) is 12.0. The van der Waals surface area contributed by atoms with Crippen molar-refractivity contribution in [3.05, 3.63) is 35.9 Å². The van der Waals surface area contributed by atoms with E-state index >= 15 is 0 Å². The molecule has 1 unspecified atom stereocenters. The summed E-state index contributed by atoms with van der Waals surface area (Å²) in [7, 11) is 0. The van der Waals surface area contributed by atoms with E-state index in [0.29, 0.717) is 6.42 Å². The second-order valence-corrected chi connectivity index (χ2v) is 6.87. The Bertz CT molecular complexity index is 594. The summed E-state index contributed by atoms with van der Waals surface area (Å²) >= 11 is 0. The van der Waals surface area contributed by atoms with Crippen LogP contribution in [-0.2, 0) is 30.4 Å². The average Bonchev–Trinajstić information content (AvgIpc) is 2.57. The monoisotopic (exact) mass is 365 g/mol. The van der Waals surface area contributed by atoms with Crippen LogP contribution in [0.1, 0.15) is 39.7 Å². The summed E-state index contributed by atoms with van der Waals surface area (Å²) < 4.78 is 15.1. The van der Waals surface area contributed by atoms with E-state index in [1.54, 1.807) is 27.7 Å². The number of carbonyl (C=O) groups is 3. The minimum absolute atomic E-state index is 0.132. The lowest BCUT2D eigenvalue weighted by atomic mass is 10.1. The lowest BCUT2D eigenvalue weighted by Crippen LogP contribution is -2.34. The Hall–Kier alpha value is -2.57. The Balaban J connectivity index is 2.19. The first-order valence-electron chi connectivity index (χ1n) is 8.50. The van der Waals surface area contributed by atoms with Crippen molar-refractivity contribution in [1.82, 2.24) is 5.32 Å². The van der Waals surface area contributed by atoms with Crippen LogP contribution in [0.2, 0.25) is 0 Å². The van der Waals surface area contributed by atoms with Crippen molar-refractivity contribution in [3.63, 3.8) is 0 Å². The van der Waals surface area contributed by atoms with Crippen LogP contribution in [0.3, 0.4) is 0 Å². The molecule has 0 aliphatic heterocycles. The van der Waals surface area contributed by atoms with E-state index < -0.39 is 36.2 Å². The van der Waals surface area contributed by atoms with Gasteiger partial charge in [0.15, 0.2) is 6.61 Å². The van der Waals surface area contributed by atoms with E-state index in [1.165, 1.54) is 0 Å². The minimum Gasteiger partial charge on any atom is -0.458 e. The SMILES string of the molecule is CC(CCNC(=O)OC(C)(C)C)C(=O)OCC(=O)OCc1ccccc1. The average molecular weight is 365 g/mol. The molecule has 1 aromatic rings. The van der Waals surface area contributed by atoms with Crippen LogP contribution in [0.5, 0.6) is 0 Å². The van der Waals surface area contributed by atoms with Gasteiger partial charge in [0.05, 0.1) is 5.92 Å². The van der Waals surface area contributed by atoms with Crippen molar-refractivity contribution >= 4 is 18.0 Å². The van der Waals surface area contributed by atoms with Gasteiger partial charge >= 0.3 is 18.0 Å². The second kappa shape index (κ2) is 10.4. The molecular weight excluding hydrogens is 338 g/mol. The number of nitrogens with one attached hydrogen (secondary N) is 1. The smallest absolute Gasteiger partial charge is 0.407 e. The molecular formula is C19H27NO6. The van der Waals surface area contributed by atoms with E-state index in [1.807, 2.05) is 30.3 Å². The van der Waals surface area contributed by atoms with Crippen molar-refractivity contribution < 1.29 is 28.6 Å². The second-order valence-electron chi connectivity index (χ2n) is 6.87. The first kappa shape index (κ1) is 21.5. The zero-order valence-corrected chi connectivity index (χ0v) is 15.7. The van der Waals surface area contributed by atoms with Crippen LogP contribution in [-0.4, -0.2) is 36.8 Å². The Morgan fingerprint density at radius 2 is 1.73 bits per heavy atom. The zero-order valence-electron chi connectivity index (χ0n) is 15.7. The predicted molar refractivity (Wildman–Crippen MR) is 95.2 cm³/mol. The van der Waals surface area contributed by atoms with Crippen LogP contribution in [0.4, 0.5) is 4.79 Å². The molecule has 1 aromatic carbocycles. The molecule has 0 fully saturated rings. The molecule has 1 amide bonds. The molecule has 0 saturated carbocycles. The molecule has 0 aliphatic carbocycles. The van der Waals surface area contributed by atoms with E-state index in [0.717, 1.165) is 5.56 Å². The van der Waals surface area contributed by atoms with Gasteiger partial charge in [-0.25, -0.2) is 9.59 Å². The number of hydrogen-bond donors (Lipinski definition) is 1. The number of amides is 1. The third-order valence-electron chi connectivity index (χ3n) is 3.22. The summed E-state index contributed by atoms with van der Waals surface area (Å²) in [5, 5.41) is 2.57. The van der Waals surface area contributed by atoms with Gasteiger partial charge < -0.3 is 19.5 Å². The maximum atomic E-state index is 11.9. The quantitative estimate of drug-likeness (QED) is 0.563. The van der Waals surface area contributed by atoms with Crippen LogP contribution < -0.4 is 5.32 Å². The van der Waals surface area contributed by atoms with Gasteiger partial charge in [-0.15, -0.1) is 0 Å². The molecule has 1 atom stereocenters. The van der Waals surface area contributed by atoms with Crippen molar-refractivity contribution in [2.24, 2.45) is 5.92 Å². The number of hydrogen-bond acceptors (Lipinski definition) is 6. The third-order valence-corrected chi connectivity index (χ3v) is 3.22. The molecule has 0 bridgehead atoms. The number of carbonyl (C=O) groups excluding carboxylic acids is 3. The summed E-state index contributed by atoms with van der Waals surface area (Å²) in [6.45, 7) is 6.93. The molecule has 144 valence electrons. The largest absolute Gasteiger partial charge is 0.458 e. The summed E-state index contributed by atoms with van der Waals surface area (Å²) in [4.78, 5) is 35.0. The first-order chi connectivity index (χ1) is 12.2. The topological polar surface area (TPSA) is 90.9 Å². The minimum atomic E-state index is -0.610. The number of rotatable bonds is 8. The Morgan fingerprint density at radius 1 is 1.08 bits per heavy atom. The van der Waals surface area contributed by atoms with Crippen molar-refractivity contribution in [2.45, 2.75) is 46.3 Å². The fourth-order valence-corrected chi connectivity index (χ4v) is 1.87. The summed E-state index contributed by atoms with van der Waals surface area (Å²) in [5.41, 5.74) is 0.281. The standard InChI is InChI=1S/C19H27NO6/c1-14(10-11-20-18(23)26-19(2,3)4)17(22)25-13-16(21)24-12-15-8-6-5-7-9-15/h5-9,14H,10-13H2,1-4H3,(H,20,23). The van der Waals surface area contributed by atoms with Gasteiger partial charge in [0.25, 0.3) is 0 Å². The van der Waals surface area contributed by atoms with Gasteiger partial charge in [-0.05, 0) is 32.8 Å². The number of alkyl carbamates (subject to hydrolysis) is 1. The Kier molecular flexibility index (Phi) is 8.61. The molecule has 0 saturated heterocycles. The van der Waals surface area contributed by atoms with Crippen molar-refractivity contribution in [1.29, 1.82) is 0 Å². The molecule has 7 heteroatoms. The molecule has 26 heavy (non-hydrogen) atoms. The maximum absolute atomic E-state index is 11.9. The third kappa shape index (κ3) is 9.66. The summed E-state index contributed by atoms with van der Waals surface area (Å²) in [6, 6.07) is 9.22. The molecule has 0 aromatic heterocycles. The van der Waals surface area contributed by atoms with Gasteiger partial charge in [-0.3, -0.25) is 4.79 Å². The van der Waals surface area contributed by atoms with Gasteiger partial charge in [-0.1, -0.05) is 37.3 Å². The number of esters is 2. The van der Waals surface area contributed by atoms with E-state index in [4.69, 9.17) is 14.2 Å². The lowest BCUT2D eigenvalue weighted by molar-refractivity contribution is -0.161. The van der Waals surface area contributed by atoms with Gasteiger partial charge in [0.1, 0.15) is 12.2 Å². The van der Waals surface area contributed by atoms with Crippen LogP contribution in [0.15, 0.2) is 30.3 Å². The van der Waals surface area contributed by atoms with Crippen LogP contribution in [0, 0.1) is 5.92 Å².